The van der Waals surface area contributed by atoms with Gasteiger partial charge in [-0.1, -0.05) is 24.2 Å². The van der Waals surface area contributed by atoms with Crippen LogP contribution in [0.25, 0.3) is 11.6 Å². The third-order valence-electron chi connectivity index (χ3n) is 4.23. The Labute approximate surface area is 122 Å². The number of aromatic nitrogens is 5. The third-order valence-corrected chi connectivity index (χ3v) is 4.23. The van der Waals surface area contributed by atoms with Crippen LogP contribution < -0.4 is 5.32 Å². The molecule has 1 aliphatic heterocycles. The van der Waals surface area contributed by atoms with Crippen molar-refractivity contribution < 1.29 is 9.26 Å². The van der Waals surface area contributed by atoms with E-state index in [-0.39, 0.29) is 0 Å². The van der Waals surface area contributed by atoms with Crippen LogP contribution in [0.4, 0.5) is 0 Å². The molecule has 8 nitrogen and oxygen atoms in total. The first-order valence-electron chi connectivity index (χ1n) is 7.24. The fourth-order valence-corrected chi connectivity index (χ4v) is 2.47. The zero-order chi connectivity index (χ0) is 14.9. The van der Waals surface area contributed by atoms with Gasteiger partial charge in [0.15, 0.2) is 5.69 Å². The second-order valence-corrected chi connectivity index (χ2v) is 5.22. The molecule has 3 rings (SSSR count). The minimum atomic E-state index is -0.504. The van der Waals surface area contributed by atoms with E-state index >= 15 is 0 Å². The summed E-state index contributed by atoms with van der Waals surface area (Å²) in [7, 11) is 1.67. The Morgan fingerprint density at radius 1 is 1.43 bits per heavy atom. The van der Waals surface area contributed by atoms with Gasteiger partial charge in [0.25, 0.3) is 5.89 Å². The van der Waals surface area contributed by atoms with Crippen molar-refractivity contribution in [1.82, 2.24) is 30.5 Å². The van der Waals surface area contributed by atoms with Crippen molar-refractivity contribution in [3.8, 4) is 11.6 Å². The normalized spacial score (nSPS) is 16.1. The van der Waals surface area contributed by atoms with E-state index in [2.05, 4.69) is 25.8 Å². The van der Waals surface area contributed by atoms with Crippen LogP contribution in [0.3, 0.4) is 0 Å². The molecule has 0 unspecified atom stereocenters. The molecule has 0 amide bonds. The molecule has 2 aromatic rings. The van der Waals surface area contributed by atoms with Gasteiger partial charge in [-0.3, -0.25) is 0 Å². The van der Waals surface area contributed by atoms with Crippen LogP contribution >= 0.6 is 0 Å². The minimum Gasteiger partial charge on any atom is -0.370 e. The molecule has 8 heteroatoms. The molecule has 0 aliphatic carbocycles. The van der Waals surface area contributed by atoms with E-state index in [1.807, 2.05) is 24.7 Å². The largest absolute Gasteiger partial charge is 0.370 e. The van der Waals surface area contributed by atoms with Crippen molar-refractivity contribution in [2.75, 3.05) is 20.2 Å². The predicted molar refractivity (Wildman–Crippen MR) is 74.5 cm³/mol. The summed E-state index contributed by atoms with van der Waals surface area (Å²) in [6.07, 6.45) is 3.40. The number of hydrogen-bond acceptors (Lipinski definition) is 7. The fourth-order valence-electron chi connectivity index (χ4n) is 2.47. The Morgan fingerprint density at radius 3 is 2.76 bits per heavy atom. The summed E-state index contributed by atoms with van der Waals surface area (Å²) in [5, 5.41) is 15.5. The molecule has 3 heterocycles. The minimum absolute atomic E-state index is 0.359. The topological polar surface area (TPSA) is 90.9 Å². The van der Waals surface area contributed by atoms with Crippen molar-refractivity contribution >= 4 is 0 Å². The lowest BCUT2D eigenvalue weighted by Crippen LogP contribution is -2.43. The number of nitrogens with zero attached hydrogens (tertiary/aromatic N) is 5. The van der Waals surface area contributed by atoms with Gasteiger partial charge in [0.1, 0.15) is 5.60 Å². The fraction of sp³-hybridized carbons (Fsp3) is 0.692. The Balaban J connectivity index is 1.85. The average molecular weight is 292 g/mol. The molecule has 1 saturated heterocycles. The van der Waals surface area contributed by atoms with E-state index in [1.165, 1.54) is 0 Å². The van der Waals surface area contributed by atoms with E-state index in [9.17, 15) is 0 Å². The molecule has 0 atom stereocenters. The zero-order valence-corrected chi connectivity index (χ0v) is 12.5. The van der Waals surface area contributed by atoms with E-state index in [0.717, 1.165) is 25.9 Å². The lowest BCUT2D eigenvalue weighted by atomic mass is 9.96. The first-order valence-corrected chi connectivity index (χ1v) is 7.24. The maximum Gasteiger partial charge on any atom is 0.280 e. The van der Waals surface area contributed by atoms with E-state index in [1.54, 1.807) is 7.11 Å². The van der Waals surface area contributed by atoms with Gasteiger partial charge in [0.2, 0.25) is 5.82 Å². The summed E-state index contributed by atoms with van der Waals surface area (Å²) in [6, 6.07) is 0.359. The Hall–Kier alpha value is -1.80. The van der Waals surface area contributed by atoms with Gasteiger partial charge in [-0.05, 0) is 12.8 Å². The van der Waals surface area contributed by atoms with Crippen molar-refractivity contribution in [1.29, 1.82) is 0 Å². The number of nitrogens with one attached hydrogen (secondary N) is 1. The quantitative estimate of drug-likeness (QED) is 0.853. The Kier molecular flexibility index (Phi) is 3.73. The molecule has 1 aliphatic rings. The highest BCUT2D eigenvalue weighted by molar-refractivity contribution is 5.43. The van der Waals surface area contributed by atoms with Crippen LogP contribution in [0.1, 0.15) is 38.6 Å². The highest BCUT2D eigenvalue weighted by Gasteiger charge is 2.34. The molecule has 1 fully saturated rings. The van der Waals surface area contributed by atoms with Crippen molar-refractivity contribution in [3.05, 3.63) is 12.0 Å². The summed E-state index contributed by atoms with van der Waals surface area (Å²) in [5.74, 6) is 0.941. The van der Waals surface area contributed by atoms with Gasteiger partial charge in [-0.2, -0.15) is 4.98 Å². The van der Waals surface area contributed by atoms with Crippen LogP contribution in [-0.2, 0) is 10.3 Å². The molecular formula is C13H20N6O2. The highest BCUT2D eigenvalue weighted by atomic mass is 16.5. The van der Waals surface area contributed by atoms with Gasteiger partial charge in [0.05, 0.1) is 12.2 Å². The smallest absolute Gasteiger partial charge is 0.280 e. The van der Waals surface area contributed by atoms with Crippen LogP contribution in [0, 0.1) is 0 Å². The lowest BCUT2D eigenvalue weighted by molar-refractivity contribution is -0.0306. The number of ether oxygens (including phenoxy) is 1. The zero-order valence-electron chi connectivity index (χ0n) is 12.5. The van der Waals surface area contributed by atoms with Crippen LogP contribution in [0.2, 0.25) is 0 Å². The van der Waals surface area contributed by atoms with Crippen LogP contribution in [-0.4, -0.2) is 45.3 Å². The summed E-state index contributed by atoms with van der Waals surface area (Å²) < 4.78 is 12.8. The third kappa shape index (κ3) is 2.34. The molecule has 0 bridgehead atoms. The summed E-state index contributed by atoms with van der Waals surface area (Å²) in [4.78, 5) is 4.45. The lowest BCUT2D eigenvalue weighted by Gasteiger charge is -2.26. The molecule has 0 spiro atoms. The standard InChI is InChI=1S/C13H20N6O2/c1-4-13(5-2,20-3)12-15-11(21-17-12)10-8-19(18-16-10)9-6-14-7-9/h8-9,14H,4-7H2,1-3H3. The van der Waals surface area contributed by atoms with Crippen molar-refractivity contribution in [2.24, 2.45) is 0 Å². The molecule has 0 aromatic carbocycles. The van der Waals surface area contributed by atoms with Crippen molar-refractivity contribution in [3.63, 3.8) is 0 Å². The second-order valence-electron chi connectivity index (χ2n) is 5.22. The number of methoxy groups -OCH3 is 1. The molecule has 114 valence electrons. The van der Waals surface area contributed by atoms with E-state index < -0.39 is 5.60 Å². The predicted octanol–water partition coefficient (Wildman–Crippen LogP) is 1.13. The maximum absolute atomic E-state index is 5.61. The van der Waals surface area contributed by atoms with Gasteiger partial charge in [0, 0.05) is 20.2 Å². The second kappa shape index (κ2) is 5.53. The first-order chi connectivity index (χ1) is 10.2. The summed E-state index contributed by atoms with van der Waals surface area (Å²) >= 11 is 0. The van der Waals surface area contributed by atoms with Crippen molar-refractivity contribution in [2.45, 2.75) is 38.3 Å². The Morgan fingerprint density at radius 2 is 2.19 bits per heavy atom. The maximum atomic E-state index is 5.61. The number of hydrogen-bond donors (Lipinski definition) is 1. The molecule has 0 radical (unpaired) electrons. The van der Waals surface area contributed by atoms with Gasteiger partial charge in [-0.25, -0.2) is 4.68 Å². The highest BCUT2D eigenvalue weighted by Crippen LogP contribution is 2.31. The van der Waals surface area contributed by atoms with Gasteiger partial charge in [-0.15, -0.1) is 5.10 Å². The molecule has 1 N–H and O–H groups in total. The van der Waals surface area contributed by atoms with Crippen LogP contribution in [0.15, 0.2) is 10.7 Å². The molecule has 0 saturated carbocycles. The van der Waals surface area contributed by atoms with Gasteiger partial charge < -0.3 is 14.6 Å². The van der Waals surface area contributed by atoms with Gasteiger partial charge >= 0.3 is 0 Å². The summed E-state index contributed by atoms with van der Waals surface area (Å²) in [6.45, 7) is 5.92. The number of rotatable bonds is 6. The van der Waals surface area contributed by atoms with E-state index in [0.29, 0.717) is 23.5 Å². The molecule has 21 heavy (non-hydrogen) atoms. The molecule has 2 aromatic heterocycles. The van der Waals surface area contributed by atoms with Crippen LogP contribution in [0.5, 0.6) is 0 Å². The SMILES string of the molecule is CCC(CC)(OC)c1noc(-c2cn(C3CNC3)nn2)n1. The van der Waals surface area contributed by atoms with E-state index in [4.69, 9.17) is 9.26 Å². The monoisotopic (exact) mass is 292 g/mol. The molecular weight excluding hydrogens is 272 g/mol. The Bertz CT molecular complexity index is 591. The average Bonchev–Trinajstić information content (AvgIpc) is 3.09. The first kappa shape index (κ1) is 14.2. The summed E-state index contributed by atoms with van der Waals surface area (Å²) in [5.41, 5.74) is 0.0909.